The summed E-state index contributed by atoms with van der Waals surface area (Å²) in [6.45, 7) is 2.66. The number of carboxylic acids is 1. The maximum absolute atomic E-state index is 9.99. The van der Waals surface area contributed by atoms with Gasteiger partial charge in [0.25, 0.3) is 0 Å². The van der Waals surface area contributed by atoms with Crippen molar-refractivity contribution in [1.82, 2.24) is 0 Å². The maximum Gasteiger partial charge on any atom is 0.307 e. The fourth-order valence-electron chi connectivity index (χ4n) is 1.51. The Morgan fingerprint density at radius 2 is 1.32 bits per heavy atom. The average Bonchev–Trinajstić information content (AvgIpc) is 2.63. The second kappa shape index (κ2) is 14.3. The fraction of sp³-hybridized carbons (Fsp3) is 0.278. The van der Waals surface area contributed by atoms with Gasteiger partial charge in [0.05, 0.1) is 11.7 Å². The minimum absolute atomic E-state index is 0.199. The van der Waals surface area contributed by atoms with Crippen LogP contribution in [0.2, 0.25) is 0 Å². The van der Waals surface area contributed by atoms with E-state index < -0.39 is 23.0 Å². The van der Waals surface area contributed by atoms with Gasteiger partial charge in [0, 0.05) is 13.1 Å². The Morgan fingerprint density at radius 1 is 0.960 bits per heavy atom. The molecule has 0 amide bonds. The Hall–Kier alpha value is -2.06. The van der Waals surface area contributed by atoms with E-state index in [-0.39, 0.29) is 5.75 Å². The van der Waals surface area contributed by atoms with Crippen molar-refractivity contribution in [2.45, 2.75) is 20.0 Å². The quantitative estimate of drug-likeness (QED) is 0.601. The van der Waals surface area contributed by atoms with E-state index in [0.29, 0.717) is 13.1 Å². The molecule has 2 rings (SSSR count). The van der Waals surface area contributed by atoms with Crippen molar-refractivity contribution in [2.24, 2.45) is 17.4 Å². The lowest BCUT2D eigenvalue weighted by atomic mass is 10.2. The van der Waals surface area contributed by atoms with E-state index in [1.165, 1.54) is 18.1 Å². The molecule has 7 heteroatoms. The summed E-state index contributed by atoms with van der Waals surface area (Å²) in [7, 11) is 0. The maximum atomic E-state index is 9.99. The summed E-state index contributed by atoms with van der Waals surface area (Å²) < 4.78 is 18.1. The summed E-state index contributed by atoms with van der Waals surface area (Å²) in [6, 6.07) is 20.0. The normalized spacial score (nSPS) is 11.8. The highest BCUT2D eigenvalue weighted by Gasteiger charge is 2.12. The van der Waals surface area contributed by atoms with Crippen molar-refractivity contribution >= 4 is 17.0 Å². The molecule has 0 radical (unpaired) electrons. The highest BCUT2D eigenvalue weighted by molar-refractivity contribution is 7.79. The lowest BCUT2D eigenvalue weighted by Gasteiger charge is -1.99. The van der Waals surface area contributed by atoms with Crippen LogP contribution in [0, 0.1) is 5.92 Å². The molecule has 0 spiro atoms. The number of benzene rings is 2. The van der Waals surface area contributed by atoms with Crippen LogP contribution in [0.5, 0.6) is 0 Å². The van der Waals surface area contributed by atoms with Gasteiger partial charge < -0.3 is 21.1 Å². The predicted octanol–water partition coefficient (Wildman–Crippen LogP) is 2.22. The molecule has 2 aromatic carbocycles. The molecule has 0 fully saturated rings. The first-order chi connectivity index (χ1) is 11.9. The molecule has 0 saturated heterocycles. The Kier molecular flexibility index (Phi) is 13.1. The molecule has 0 saturated carbocycles. The van der Waals surface area contributed by atoms with Crippen LogP contribution in [0.15, 0.2) is 60.7 Å². The molecule has 0 aliphatic rings. The van der Waals surface area contributed by atoms with E-state index >= 15 is 0 Å². The van der Waals surface area contributed by atoms with Crippen molar-refractivity contribution in [1.29, 1.82) is 0 Å². The first-order valence-electron chi connectivity index (χ1n) is 7.68. The van der Waals surface area contributed by atoms with Crippen molar-refractivity contribution in [3.63, 3.8) is 0 Å². The smallest absolute Gasteiger partial charge is 0.307 e. The summed E-state index contributed by atoms with van der Waals surface area (Å²) >= 11 is -2.00. The Morgan fingerprint density at radius 3 is 1.48 bits per heavy atom. The third-order valence-corrected chi connectivity index (χ3v) is 3.76. The van der Waals surface area contributed by atoms with Gasteiger partial charge in [-0.2, -0.15) is 0 Å². The number of carboxylic acid groups (broad SMARTS) is 1. The van der Waals surface area contributed by atoms with E-state index in [2.05, 4.69) is 0 Å². The molecule has 0 aromatic heterocycles. The molecular formula is C18H26N2O4S. The summed E-state index contributed by atoms with van der Waals surface area (Å²) in [4.78, 5) is 9.99. The van der Waals surface area contributed by atoms with E-state index in [1.54, 1.807) is 0 Å². The molecular weight excluding hydrogens is 340 g/mol. The van der Waals surface area contributed by atoms with Gasteiger partial charge in [0.15, 0.2) is 11.1 Å². The van der Waals surface area contributed by atoms with Crippen molar-refractivity contribution in [2.75, 3.05) is 5.75 Å². The highest BCUT2D eigenvalue weighted by Crippen LogP contribution is 1.95. The molecule has 138 valence electrons. The molecule has 0 aliphatic carbocycles. The minimum Gasteiger partial charge on any atom is -0.481 e. The second-order valence-corrected chi connectivity index (χ2v) is 6.08. The largest absolute Gasteiger partial charge is 0.481 e. The highest BCUT2D eigenvalue weighted by atomic mass is 32.2. The molecule has 2 unspecified atom stereocenters. The van der Waals surface area contributed by atoms with Crippen molar-refractivity contribution in [3.05, 3.63) is 71.8 Å². The lowest BCUT2D eigenvalue weighted by Crippen LogP contribution is -2.16. The van der Waals surface area contributed by atoms with Crippen LogP contribution < -0.4 is 11.5 Å². The summed E-state index contributed by atoms with van der Waals surface area (Å²) in [6.07, 6.45) is 0. The number of carbonyl (C=O) groups is 1. The van der Waals surface area contributed by atoms with Crippen LogP contribution >= 0.6 is 0 Å². The van der Waals surface area contributed by atoms with Gasteiger partial charge >= 0.3 is 5.97 Å². The van der Waals surface area contributed by atoms with E-state index in [0.717, 1.165) is 0 Å². The van der Waals surface area contributed by atoms with Crippen molar-refractivity contribution < 1.29 is 18.7 Å². The summed E-state index contributed by atoms with van der Waals surface area (Å²) in [5.74, 6) is -1.98. The van der Waals surface area contributed by atoms with Crippen LogP contribution in [0.25, 0.3) is 0 Å². The van der Waals surface area contributed by atoms with Crippen LogP contribution in [0.3, 0.4) is 0 Å². The zero-order chi connectivity index (χ0) is 19.1. The third kappa shape index (κ3) is 13.0. The Labute approximate surface area is 151 Å². The first-order valence-corrected chi connectivity index (χ1v) is 8.96. The Balaban J connectivity index is 0.000000346. The standard InChI is InChI=1S/2C7H9N.C4H8O4S/c2*8-6-7-4-2-1-3-5-7;1-3(4(5)6)2-9(7)8/h2*1-5H,6,8H2;3H,2H2,1H3,(H,5,6)(H,7,8). The molecule has 0 aliphatic heterocycles. The van der Waals surface area contributed by atoms with Gasteiger partial charge in [-0.15, -0.1) is 0 Å². The molecule has 0 heterocycles. The van der Waals surface area contributed by atoms with Crippen LogP contribution in [0.4, 0.5) is 0 Å². The van der Waals surface area contributed by atoms with Crippen LogP contribution in [-0.2, 0) is 29.0 Å². The zero-order valence-electron chi connectivity index (χ0n) is 14.2. The molecule has 6 nitrogen and oxygen atoms in total. The summed E-state index contributed by atoms with van der Waals surface area (Å²) in [5.41, 5.74) is 13.1. The molecule has 0 bridgehead atoms. The van der Waals surface area contributed by atoms with Crippen LogP contribution in [0.1, 0.15) is 18.1 Å². The fourth-order valence-corrected chi connectivity index (χ4v) is 2.08. The van der Waals surface area contributed by atoms with E-state index in [1.807, 2.05) is 60.7 Å². The first kappa shape index (κ1) is 22.9. The SMILES string of the molecule is CC(CS(=O)O)C(=O)O.NCc1ccccc1.NCc1ccccc1. The molecule has 6 N–H and O–H groups in total. The van der Waals surface area contributed by atoms with Gasteiger partial charge in [-0.3, -0.25) is 4.79 Å². The van der Waals surface area contributed by atoms with Gasteiger partial charge in [-0.25, -0.2) is 4.21 Å². The number of aliphatic carboxylic acids is 1. The van der Waals surface area contributed by atoms with Gasteiger partial charge in [-0.1, -0.05) is 67.6 Å². The van der Waals surface area contributed by atoms with Gasteiger partial charge in [-0.05, 0) is 11.1 Å². The third-order valence-electron chi connectivity index (χ3n) is 2.97. The average molecular weight is 366 g/mol. The predicted molar refractivity (Wildman–Crippen MR) is 101 cm³/mol. The number of hydrogen-bond donors (Lipinski definition) is 4. The number of nitrogens with two attached hydrogens (primary N) is 2. The van der Waals surface area contributed by atoms with Gasteiger partial charge in [0.1, 0.15) is 0 Å². The molecule has 2 aromatic rings. The lowest BCUT2D eigenvalue weighted by molar-refractivity contribution is -0.140. The van der Waals surface area contributed by atoms with E-state index in [9.17, 15) is 9.00 Å². The minimum atomic E-state index is -2.00. The number of hydrogen-bond acceptors (Lipinski definition) is 4. The van der Waals surface area contributed by atoms with Crippen LogP contribution in [-0.4, -0.2) is 25.6 Å². The monoisotopic (exact) mass is 366 g/mol. The zero-order valence-corrected chi connectivity index (χ0v) is 15.1. The molecule has 25 heavy (non-hydrogen) atoms. The Bertz CT molecular complexity index is 569. The second-order valence-electron chi connectivity index (χ2n) is 5.11. The number of rotatable bonds is 5. The van der Waals surface area contributed by atoms with Crippen molar-refractivity contribution in [3.8, 4) is 0 Å². The van der Waals surface area contributed by atoms with E-state index in [4.69, 9.17) is 21.1 Å². The molecule has 2 atom stereocenters. The topological polar surface area (TPSA) is 127 Å². The van der Waals surface area contributed by atoms with Gasteiger partial charge in [0.2, 0.25) is 0 Å². The summed E-state index contributed by atoms with van der Waals surface area (Å²) in [5, 5.41) is 8.19.